The van der Waals surface area contributed by atoms with Gasteiger partial charge in [0.05, 0.1) is 27.7 Å². The molecule has 0 amide bonds. The normalized spacial score (nSPS) is 13.6. The number of nitrogens with zero attached hydrogens (tertiary/aromatic N) is 2. The monoisotopic (exact) mass is 170 g/mol. The second kappa shape index (κ2) is 5.00. The van der Waals surface area contributed by atoms with Crippen molar-refractivity contribution in [2.24, 2.45) is 5.92 Å². The fourth-order valence-corrected chi connectivity index (χ4v) is 1.30. The lowest BCUT2D eigenvalue weighted by Crippen LogP contribution is -2.41. The van der Waals surface area contributed by atoms with Crippen LogP contribution in [0.5, 0.6) is 0 Å². The minimum atomic E-state index is 0.602. The highest BCUT2D eigenvalue weighted by atomic mass is 15.3. The summed E-state index contributed by atoms with van der Waals surface area (Å²) in [5.74, 6) is 0.602. The molecule has 1 N–H and O–H groups in total. The Hall–Kier alpha value is -0.750. The highest BCUT2D eigenvalue weighted by molar-refractivity contribution is 4.69. The van der Waals surface area contributed by atoms with Gasteiger partial charge in [-0.1, -0.05) is 6.92 Å². The van der Waals surface area contributed by atoms with E-state index in [9.17, 15) is 0 Å². The van der Waals surface area contributed by atoms with E-state index in [2.05, 4.69) is 33.4 Å². The summed E-state index contributed by atoms with van der Waals surface area (Å²) in [5, 5.41) is 11.1. The molecule has 0 spiro atoms. The molecule has 0 saturated carbocycles. The Kier molecular flexibility index (Phi) is 4.68. The topological polar surface area (TPSA) is 35.8 Å². The van der Waals surface area contributed by atoms with Gasteiger partial charge in [0.25, 0.3) is 0 Å². The Morgan fingerprint density at radius 2 is 2.00 bits per heavy atom. The van der Waals surface area contributed by atoms with Gasteiger partial charge in [-0.2, -0.15) is 5.26 Å². The maximum atomic E-state index is 8.34. The summed E-state index contributed by atoms with van der Waals surface area (Å²) in [6.07, 6.45) is 3.09. The Bertz CT molecular complexity index is 152. The van der Waals surface area contributed by atoms with Crippen molar-refractivity contribution in [1.82, 2.24) is 5.32 Å². The van der Waals surface area contributed by atoms with Gasteiger partial charge in [-0.15, -0.1) is 0 Å². The summed E-state index contributed by atoms with van der Waals surface area (Å²) in [6.45, 7) is 4.09. The van der Waals surface area contributed by atoms with E-state index in [1.54, 1.807) is 0 Å². The average Bonchev–Trinajstić information content (AvgIpc) is 1.95. The predicted molar refractivity (Wildman–Crippen MR) is 50.3 cm³/mol. The van der Waals surface area contributed by atoms with Gasteiger partial charge in [-0.25, -0.2) is 0 Å². The van der Waals surface area contributed by atoms with Crippen LogP contribution in [0.15, 0.2) is 0 Å². The lowest BCUT2D eigenvalue weighted by atomic mass is 10.1. The van der Waals surface area contributed by atoms with Gasteiger partial charge in [-0.05, 0) is 6.42 Å². The van der Waals surface area contributed by atoms with Crippen LogP contribution in [0.3, 0.4) is 0 Å². The van der Waals surface area contributed by atoms with Gasteiger partial charge in [0, 0.05) is 12.5 Å². The summed E-state index contributed by atoms with van der Waals surface area (Å²) in [6, 6.07) is 0. The molecule has 70 valence electrons. The number of nitriles is 1. The minimum Gasteiger partial charge on any atom is -0.331 e. The Morgan fingerprint density at radius 3 is 2.33 bits per heavy atom. The van der Waals surface area contributed by atoms with Crippen LogP contribution in [-0.4, -0.2) is 38.7 Å². The van der Waals surface area contributed by atoms with Crippen molar-refractivity contribution >= 4 is 0 Å². The molecule has 0 bridgehead atoms. The van der Waals surface area contributed by atoms with Gasteiger partial charge in [0.2, 0.25) is 0 Å². The standard InChI is InChI=1S/C9H20N3/c1-5-9(6-11-8-10)7-12(2,3)4/h9,11H,5-7H2,1-4H3/q+1. The number of nitrogens with one attached hydrogen (secondary N) is 1. The van der Waals surface area contributed by atoms with Gasteiger partial charge in [0.1, 0.15) is 0 Å². The highest BCUT2D eigenvalue weighted by Crippen LogP contribution is 2.05. The number of rotatable bonds is 5. The second-order valence-electron chi connectivity index (χ2n) is 4.24. The molecule has 0 aromatic carbocycles. The van der Waals surface area contributed by atoms with Crippen molar-refractivity contribution in [1.29, 1.82) is 5.26 Å². The maximum Gasteiger partial charge on any atom is 0.176 e. The number of hydrogen-bond donors (Lipinski definition) is 1. The van der Waals surface area contributed by atoms with Crippen LogP contribution in [0, 0.1) is 17.4 Å². The summed E-state index contributed by atoms with van der Waals surface area (Å²) in [5.41, 5.74) is 0. The zero-order valence-corrected chi connectivity index (χ0v) is 8.59. The van der Waals surface area contributed by atoms with Gasteiger partial charge in [0.15, 0.2) is 6.19 Å². The van der Waals surface area contributed by atoms with Crippen LogP contribution in [0.1, 0.15) is 13.3 Å². The maximum absolute atomic E-state index is 8.34. The summed E-state index contributed by atoms with van der Waals surface area (Å²) in [7, 11) is 6.53. The molecule has 1 atom stereocenters. The minimum absolute atomic E-state index is 0.602. The molecular formula is C9H20N3+. The van der Waals surface area contributed by atoms with Crippen molar-refractivity contribution in [3.8, 4) is 6.19 Å². The summed E-state index contributed by atoms with van der Waals surface area (Å²) >= 11 is 0. The molecular weight excluding hydrogens is 150 g/mol. The van der Waals surface area contributed by atoms with E-state index in [4.69, 9.17) is 5.26 Å². The Labute approximate surface area is 75.6 Å². The number of hydrogen-bond acceptors (Lipinski definition) is 2. The molecule has 0 fully saturated rings. The van der Waals surface area contributed by atoms with E-state index in [0.717, 1.165) is 24.0 Å². The van der Waals surface area contributed by atoms with Crippen LogP contribution in [0.25, 0.3) is 0 Å². The number of quaternary nitrogens is 1. The van der Waals surface area contributed by atoms with Crippen LogP contribution < -0.4 is 5.32 Å². The second-order valence-corrected chi connectivity index (χ2v) is 4.24. The van der Waals surface area contributed by atoms with Crippen LogP contribution >= 0.6 is 0 Å². The fraction of sp³-hybridized carbons (Fsp3) is 0.889. The third-order valence-corrected chi connectivity index (χ3v) is 1.85. The van der Waals surface area contributed by atoms with Crippen molar-refractivity contribution < 1.29 is 4.48 Å². The molecule has 0 saturated heterocycles. The fourth-order valence-electron chi connectivity index (χ4n) is 1.30. The molecule has 0 radical (unpaired) electrons. The molecule has 0 heterocycles. The first-order valence-corrected chi connectivity index (χ1v) is 4.42. The highest BCUT2D eigenvalue weighted by Gasteiger charge is 2.15. The first-order chi connectivity index (χ1) is 5.49. The lowest BCUT2D eigenvalue weighted by molar-refractivity contribution is -0.873. The molecule has 0 aliphatic heterocycles. The van der Waals surface area contributed by atoms with Gasteiger partial charge < -0.3 is 9.80 Å². The van der Waals surface area contributed by atoms with E-state index >= 15 is 0 Å². The third-order valence-electron chi connectivity index (χ3n) is 1.85. The van der Waals surface area contributed by atoms with Crippen molar-refractivity contribution in [2.75, 3.05) is 34.2 Å². The Balaban J connectivity index is 3.77. The van der Waals surface area contributed by atoms with E-state index in [-0.39, 0.29) is 0 Å². The lowest BCUT2D eigenvalue weighted by Gasteiger charge is -2.28. The van der Waals surface area contributed by atoms with Crippen molar-refractivity contribution in [3.05, 3.63) is 0 Å². The zero-order chi connectivity index (χ0) is 9.61. The third kappa shape index (κ3) is 5.99. The van der Waals surface area contributed by atoms with Crippen molar-refractivity contribution in [3.63, 3.8) is 0 Å². The molecule has 0 aromatic rings. The molecule has 0 aliphatic carbocycles. The molecule has 1 unspecified atom stereocenters. The zero-order valence-electron chi connectivity index (χ0n) is 8.59. The SMILES string of the molecule is CCC(CNC#N)C[N+](C)(C)C. The molecule has 0 rings (SSSR count). The molecule has 12 heavy (non-hydrogen) atoms. The van der Waals surface area contributed by atoms with E-state index in [1.807, 2.05) is 6.19 Å². The van der Waals surface area contributed by atoms with Crippen molar-refractivity contribution in [2.45, 2.75) is 13.3 Å². The molecule has 0 aromatic heterocycles. The van der Waals surface area contributed by atoms with Gasteiger partial charge in [-0.3, -0.25) is 0 Å². The molecule has 0 aliphatic rings. The smallest absolute Gasteiger partial charge is 0.176 e. The molecule has 3 heteroatoms. The Morgan fingerprint density at radius 1 is 1.42 bits per heavy atom. The largest absolute Gasteiger partial charge is 0.331 e. The van der Waals surface area contributed by atoms with Crippen LogP contribution in [0.2, 0.25) is 0 Å². The van der Waals surface area contributed by atoms with Crippen LogP contribution in [0.4, 0.5) is 0 Å². The first-order valence-electron chi connectivity index (χ1n) is 4.42. The van der Waals surface area contributed by atoms with E-state index in [1.165, 1.54) is 0 Å². The quantitative estimate of drug-likeness (QED) is 0.376. The predicted octanol–water partition coefficient (Wildman–Crippen LogP) is 0.789. The average molecular weight is 170 g/mol. The van der Waals surface area contributed by atoms with Gasteiger partial charge >= 0.3 is 0 Å². The first kappa shape index (κ1) is 11.2. The summed E-state index contributed by atoms with van der Waals surface area (Å²) in [4.78, 5) is 0. The van der Waals surface area contributed by atoms with E-state index in [0.29, 0.717) is 5.92 Å². The van der Waals surface area contributed by atoms with E-state index < -0.39 is 0 Å². The van der Waals surface area contributed by atoms with Crippen LogP contribution in [-0.2, 0) is 0 Å². The molecule has 3 nitrogen and oxygen atoms in total. The summed E-state index contributed by atoms with van der Waals surface area (Å²) < 4.78 is 0.964.